The molecule has 4 aromatic heterocycles. The second kappa shape index (κ2) is 12.7. The Morgan fingerprint density at radius 3 is 2.45 bits per heavy atom. The fourth-order valence-electron chi connectivity index (χ4n) is 5.02. The number of fused-ring (bicyclic) bond motifs is 4. The Morgan fingerprint density at radius 1 is 0.841 bits per heavy atom. The molecule has 0 spiro atoms. The molecule has 217 valence electrons. The van der Waals surface area contributed by atoms with E-state index in [9.17, 15) is 0 Å². The predicted octanol–water partition coefficient (Wildman–Crippen LogP) is 8.25. The first-order valence-corrected chi connectivity index (χ1v) is 13.8. The molecule has 0 fully saturated rings. The smallest absolute Gasteiger partial charge is 0.197 e. The van der Waals surface area contributed by atoms with E-state index in [-0.39, 0.29) is 20.1 Å². The van der Waals surface area contributed by atoms with Crippen molar-refractivity contribution in [2.75, 3.05) is 0 Å². The van der Waals surface area contributed by atoms with Crippen molar-refractivity contribution in [2.45, 2.75) is 19.7 Å². The first kappa shape index (κ1) is 27.8. The minimum absolute atomic E-state index is 0. The first-order valence-electron chi connectivity index (χ1n) is 14.3. The van der Waals surface area contributed by atoms with Crippen molar-refractivity contribution in [1.29, 1.82) is 0 Å². The average molecular weight is 752 g/mol. The summed E-state index contributed by atoms with van der Waals surface area (Å²) >= 11 is 0. The summed E-state index contributed by atoms with van der Waals surface area (Å²) in [7, 11) is 0. The Hall–Kier alpha value is -5.04. The molecule has 0 amide bonds. The zero-order valence-corrected chi connectivity index (χ0v) is 26.3. The monoisotopic (exact) mass is 752 g/mol. The summed E-state index contributed by atoms with van der Waals surface area (Å²) in [6, 6.07) is 39.8. The number of hydrogen-bond acceptors (Lipinski definition) is 6. The van der Waals surface area contributed by atoms with Gasteiger partial charge in [-0.05, 0) is 41.4 Å². The Kier molecular flexibility index (Phi) is 8.00. The van der Waals surface area contributed by atoms with Crippen molar-refractivity contribution >= 4 is 33.2 Å². The molecule has 7 nitrogen and oxygen atoms in total. The Morgan fingerprint density at radius 2 is 1.68 bits per heavy atom. The van der Waals surface area contributed by atoms with Crippen LogP contribution in [-0.2, 0) is 20.1 Å². The molecule has 0 aliphatic rings. The maximum absolute atomic E-state index is 8.36. The third-order valence-electron chi connectivity index (χ3n) is 7.12. The summed E-state index contributed by atoms with van der Waals surface area (Å²) in [6.07, 6.45) is 3.18. The van der Waals surface area contributed by atoms with Crippen LogP contribution in [0.2, 0.25) is 0 Å². The topological polar surface area (TPSA) is 82.5 Å². The Labute approximate surface area is 269 Å². The van der Waals surface area contributed by atoms with E-state index in [0.29, 0.717) is 28.3 Å². The van der Waals surface area contributed by atoms with E-state index in [1.54, 1.807) is 6.20 Å². The van der Waals surface area contributed by atoms with Crippen LogP contribution in [0.4, 0.5) is 0 Å². The van der Waals surface area contributed by atoms with Crippen LogP contribution in [-0.4, -0.2) is 29.7 Å². The van der Waals surface area contributed by atoms with E-state index in [2.05, 4.69) is 32.3 Å². The molecule has 0 aliphatic heterocycles. The van der Waals surface area contributed by atoms with Gasteiger partial charge < -0.3 is 14.0 Å². The maximum Gasteiger partial charge on any atom is 0.197 e. The molecule has 4 aromatic carbocycles. The van der Waals surface area contributed by atoms with Gasteiger partial charge in [-0.15, -0.1) is 64.3 Å². The van der Waals surface area contributed by atoms with Gasteiger partial charge in [0.1, 0.15) is 11.9 Å². The van der Waals surface area contributed by atoms with Crippen LogP contribution >= 0.6 is 0 Å². The Bertz CT molecular complexity index is 2170. The van der Waals surface area contributed by atoms with Gasteiger partial charge in [0.25, 0.3) is 0 Å². The van der Waals surface area contributed by atoms with Gasteiger partial charge in [-0.25, -0.2) is 4.98 Å². The zero-order chi connectivity index (χ0) is 30.1. The molecule has 8 heteroatoms. The van der Waals surface area contributed by atoms with Crippen molar-refractivity contribution in [3.05, 3.63) is 133 Å². The summed E-state index contributed by atoms with van der Waals surface area (Å²) in [5.74, 6) is -0.0850. The molecule has 8 rings (SSSR count). The number of pyridine rings is 1. The first-order chi connectivity index (χ1) is 21.5. The number of imidazole rings is 1. The van der Waals surface area contributed by atoms with Crippen LogP contribution < -0.4 is 0 Å². The van der Waals surface area contributed by atoms with Gasteiger partial charge in [-0.2, -0.15) is 0 Å². The van der Waals surface area contributed by atoms with Crippen molar-refractivity contribution in [3.8, 4) is 28.3 Å². The molecular weight excluding hydrogens is 725 g/mol. The van der Waals surface area contributed by atoms with E-state index < -0.39 is 5.89 Å². The molecule has 0 saturated carbocycles. The average Bonchev–Trinajstić information content (AvgIpc) is 3.64. The molecule has 44 heavy (non-hydrogen) atoms. The van der Waals surface area contributed by atoms with E-state index in [1.165, 1.54) is 6.33 Å². The van der Waals surface area contributed by atoms with Gasteiger partial charge >= 0.3 is 0 Å². The summed E-state index contributed by atoms with van der Waals surface area (Å²) < 4.78 is 16.6. The van der Waals surface area contributed by atoms with Gasteiger partial charge in [0, 0.05) is 38.7 Å². The molecule has 0 unspecified atom stereocenters. The fraction of sp³-hybridized carbons (Fsp3) is 0.0833. The molecule has 1 radical (unpaired) electrons. The SMILES string of the molecule is [2H]C(C)(C)c1ccc2c(c1)oc1c(-c3nc4ncnnc4n3-c3ccccc3)[c-]ccc12.[Ir].[c-]1ccccc1-c1ccccn1. The van der Waals surface area contributed by atoms with Gasteiger partial charge in [-0.1, -0.05) is 67.3 Å². The van der Waals surface area contributed by atoms with Gasteiger partial charge in [0.2, 0.25) is 0 Å². The van der Waals surface area contributed by atoms with Crippen LogP contribution in [0, 0.1) is 12.1 Å². The number of furan rings is 1. The van der Waals surface area contributed by atoms with Gasteiger partial charge in [0.15, 0.2) is 11.3 Å². The van der Waals surface area contributed by atoms with Crippen LogP contribution in [0.3, 0.4) is 0 Å². The van der Waals surface area contributed by atoms with Crippen molar-refractivity contribution in [2.24, 2.45) is 0 Å². The van der Waals surface area contributed by atoms with E-state index in [4.69, 9.17) is 10.8 Å². The van der Waals surface area contributed by atoms with E-state index >= 15 is 0 Å². The van der Waals surface area contributed by atoms with Crippen LogP contribution in [0.1, 0.15) is 26.7 Å². The molecule has 0 aliphatic carbocycles. The van der Waals surface area contributed by atoms with Gasteiger partial charge in [0.05, 0.1) is 11.4 Å². The number of aromatic nitrogens is 6. The standard InChI is InChI=1S/C25H18N5O.C11H8N.Ir/c1-15(2)16-11-12-18-19-9-6-10-20(22(19)31-21(18)13-16)24-28-23-25(29-27-14-26-23)30(24)17-7-4-3-5-8-17;1-2-6-10(7-3-1)11-8-4-5-9-12-11;/h3-9,11-15H,1-2H3;1-6,8-9H;/q2*-1;/i15D;;. The largest absolute Gasteiger partial charge is 0.501 e. The quantitative estimate of drug-likeness (QED) is 0.169. The number of rotatable bonds is 4. The molecule has 0 saturated heterocycles. The molecular formula is C36H26IrN6O-2. The minimum atomic E-state index is -0.715. The predicted molar refractivity (Wildman–Crippen MR) is 169 cm³/mol. The van der Waals surface area contributed by atoms with Crippen molar-refractivity contribution in [3.63, 3.8) is 0 Å². The second-order valence-electron chi connectivity index (χ2n) is 10.1. The van der Waals surface area contributed by atoms with Crippen molar-refractivity contribution < 1.29 is 25.9 Å². The van der Waals surface area contributed by atoms with Crippen LogP contribution in [0.5, 0.6) is 0 Å². The summed E-state index contributed by atoms with van der Waals surface area (Å²) in [5, 5.41) is 10.2. The van der Waals surface area contributed by atoms with Gasteiger partial charge in [-0.3, -0.25) is 4.98 Å². The van der Waals surface area contributed by atoms with Crippen LogP contribution in [0.15, 0.2) is 120 Å². The molecule has 8 aromatic rings. The number of para-hydroxylation sites is 1. The third kappa shape index (κ3) is 5.53. The zero-order valence-electron chi connectivity index (χ0n) is 24.9. The molecule has 0 N–H and O–H groups in total. The van der Waals surface area contributed by atoms with E-state index in [1.807, 2.05) is 122 Å². The summed E-state index contributed by atoms with van der Waals surface area (Å²) in [4.78, 5) is 13.3. The van der Waals surface area contributed by atoms with Crippen LogP contribution in [0.25, 0.3) is 61.6 Å². The molecule has 0 bridgehead atoms. The number of nitrogens with zero attached hydrogens (tertiary/aromatic N) is 6. The third-order valence-corrected chi connectivity index (χ3v) is 7.12. The van der Waals surface area contributed by atoms with E-state index in [0.717, 1.165) is 38.9 Å². The summed E-state index contributed by atoms with van der Waals surface area (Å²) in [5.41, 5.74) is 7.00. The molecule has 4 heterocycles. The summed E-state index contributed by atoms with van der Waals surface area (Å²) in [6.45, 7) is 3.73. The van der Waals surface area contributed by atoms with Crippen molar-refractivity contribution in [1.82, 2.24) is 29.7 Å². The normalized spacial score (nSPS) is 11.5. The second-order valence-corrected chi connectivity index (χ2v) is 10.1. The molecule has 0 atom stereocenters. The fourth-order valence-corrected chi connectivity index (χ4v) is 5.02. The maximum atomic E-state index is 8.36. The number of benzene rings is 4. The minimum Gasteiger partial charge on any atom is -0.501 e. The Balaban J connectivity index is 0.000000231. The number of hydrogen-bond donors (Lipinski definition) is 0.